The molecule has 0 amide bonds. The Labute approximate surface area is 268 Å². The van der Waals surface area contributed by atoms with E-state index in [1.54, 1.807) is 18.3 Å². The van der Waals surface area contributed by atoms with Crippen LogP contribution in [-0.4, -0.2) is 53.6 Å². The van der Waals surface area contributed by atoms with Gasteiger partial charge < -0.3 is 19.3 Å². The number of carbonyl (C=O) groups excluding carboxylic acids is 1. The molecule has 45 heavy (non-hydrogen) atoms. The molecule has 4 aromatic rings. The number of aliphatic hydroxyl groups excluding tert-OH is 1. The molecule has 0 radical (unpaired) electrons. The fraction of sp³-hybridized carbons (Fsp3) is 0.250. The second-order valence-electron chi connectivity index (χ2n) is 10.8. The third kappa shape index (κ3) is 8.49. The number of carbonyl (C=O) groups is 1. The number of hydrogen-bond donors (Lipinski definition) is 1. The van der Waals surface area contributed by atoms with Gasteiger partial charge in [0.1, 0.15) is 43.1 Å². The molecule has 1 N–H and O–H groups in total. The summed E-state index contributed by atoms with van der Waals surface area (Å²) in [5.74, 6) is 1.48. The van der Waals surface area contributed by atoms with Gasteiger partial charge in [-0.25, -0.2) is 0 Å². The van der Waals surface area contributed by atoms with Crippen molar-refractivity contribution >= 4 is 17.9 Å². The van der Waals surface area contributed by atoms with Crippen LogP contribution in [-0.2, 0) is 13.2 Å². The van der Waals surface area contributed by atoms with Crippen molar-refractivity contribution in [1.29, 1.82) is 5.26 Å². The van der Waals surface area contributed by atoms with E-state index < -0.39 is 0 Å². The molecule has 1 aliphatic rings. The Morgan fingerprint density at radius 3 is 2.69 bits per heavy atom. The molecule has 230 valence electrons. The summed E-state index contributed by atoms with van der Waals surface area (Å²) in [6, 6.07) is 20.9. The Morgan fingerprint density at radius 2 is 1.89 bits per heavy atom. The molecule has 0 unspecified atom stereocenters. The average Bonchev–Trinajstić information content (AvgIpc) is 3.48. The first-order valence-electron chi connectivity index (χ1n) is 14.7. The van der Waals surface area contributed by atoms with Crippen LogP contribution in [0.5, 0.6) is 17.2 Å². The number of rotatable bonds is 13. The normalized spacial score (nSPS) is 14.8. The lowest BCUT2D eigenvalue weighted by Crippen LogP contribution is -2.22. The highest BCUT2D eigenvalue weighted by molar-refractivity contribution is 6.32. The van der Waals surface area contributed by atoms with Crippen LogP contribution in [0, 0.1) is 18.3 Å². The Bertz CT molecular complexity index is 1720. The summed E-state index contributed by atoms with van der Waals surface area (Å²) in [4.78, 5) is 18.0. The average molecular weight is 624 g/mol. The molecule has 8 nitrogen and oxygen atoms in total. The molecule has 9 heteroatoms. The largest absolute Gasteiger partial charge is 0.490 e. The molecule has 2 heterocycles. The van der Waals surface area contributed by atoms with Crippen LogP contribution in [0.3, 0.4) is 0 Å². The standard InChI is InChI=1S/C36H34ClN3O5/c1-25-29(24-45-36-17-35(30(22-41)16-34(36)37)44-23-27-14-26(18-38)19-39-20-27)7-5-9-33(25)28-6-4-8-32(15-28)43-13-3-2-11-40-12-10-31(42)21-40/h2-9,14-17,19-20,22,31,42H,10-13,21,23-24H2,1H3/b3-2+/t31-/m1/s1. The topological polar surface area (TPSA) is 105 Å². The first-order chi connectivity index (χ1) is 21.9. The Kier molecular flexibility index (Phi) is 10.8. The lowest BCUT2D eigenvalue weighted by atomic mass is 9.96. The first kappa shape index (κ1) is 31.7. The number of nitrogens with zero attached hydrogens (tertiary/aromatic N) is 3. The fourth-order valence-corrected chi connectivity index (χ4v) is 5.37. The predicted molar refractivity (Wildman–Crippen MR) is 173 cm³/mol. The molecule has 1 aliphatic heterocycles. The smallest absolute Gasteiger partial charge is 0.153 e. The maximum Gasteiger partial charge on any atom is 0.153 e. The zero-order valence-corrected chi connectivity index (χ0v) is 25.7. The van der Waals surface area contributed by atoms with E-state index in [-0.39, 0.29) is 19.3 Å². The van der Waals surface area contributed by atoms with E-state index in [0.29, 0.717) is 46.1 Å². The third-order valence-corrected chi connectivity index (χ3v) is 7.90. The summed E-state index contributed by atoms with van der Waals surface area (Å²) in [5, 5.41) is 19.1. The number of β-amino-alcohol motifs (C(OH)–C–C–N with tert-alkyl or cyclic N) is 1. The molecule has 1 saturated heterocycles. The summed E-state index contributed by atoms with van der Waals surface area (Å²) in [6.45, 7) is 5.34. The highest BCUT2D eigenvalue weighted by Crippen LogP contribution is 2.34. The van der Waals surface area contributed by atoms with Crippen molar-refractivity contribution < 1.29 is 24.1 Å². The van der Waals surface area contributed by atoms with Gasteiger partial charge in [-0.3, -0.25) is 14.7 Å². The minimum Gasteiger partial charge on any atom is -0.490 e. The Balaban J connectivity index is 1.23. The number of nitriles is 1. The quantitative estimate of drug-likeness (QED) is 0.132. The summed E-state index contributed by atoms with van der Waals surface area (Å²) < 4.78 is 18.0. The van der Waals surface area contributed by atoms with Crippen LogP contribution < -0.4 is 14.2 Å². The fourth-order valence-electron chi connectivity index (χ4n) is 5.14. The van der Waals surface area contributed by atoms with Crippen LogP contribution in [0.1, 0.15) is 39.0 Å². The van der Waals surface area contributed by atoms with E-state index in [2.05, 4.69) is 41.1 Å². The van der Waals surface area contributed by atoms with Crippen LogP contribution >= 0.6 is 11.6 Å². The molecule has 3 aromatic carbocycles. The molecular weight excluding hydrogens is 590 g/mol. The maximum atomic E-state index is 11.7. The molecule has 0 bridgehead atoms. The molecule has 0 aliphatic carbocycles. The number of halogens is 1. The second-order valence-corrected chi connectivity index (χ2v) is 11.2. The maximum absolute atomic E-state index is 11.7. The van der Waals surface area contributed by atoms with Gasteiger partial charge in [0.15, 0.2) is 6.29 Å². The molecule has 1 fully saturated rings. The SMILES string of the molecule is Cc1c(COc2cc(OCc3cncc(C#N)c3)c(C=O)cc2Cl)cccc1-c1cccc(OC/C=C/CN2CC[C@@H](O)C2)c1. The monoisotopic (exact) mass is 623 g/mol. The van der Waals surface area contributed by atoms with Gasteiger partial charge in [0, 0.05) is 43.7 Å². The Morgan fingerprint density at radius 1 is 1.04 bits per heavy atom. The van der Waals surface area contributed by atoms with Crippen molar-refractivity contribution in [3.63, 3.8) is 0 Å². The summed E-state index contributed by atoms with van der Waals surface area (Å²) in [7, 11) is 0. The van der Waals surface area contributed by atoms with Gasteiger partial charge in [0.25, 0.3) is 0 Å². The molecule has 1 aromatic heterocycles. The van der Waals surface area contributed by atoms with E-state index in [1.165, 1.54) is 12.3 Å². The number of likely N-dealkylation sites (tertiary alicyclic amines) is 1. The van der Waals surface area contributed by atoms with E-state index in [1.807, 2.05) is 36.4 Å². The van der Waals surface area contributed by atoms with Crippen LogP contribution in [0.4, 0.5) is 0 Å². The van der Waals surface area contributed by atoms with Crippen molar-refractivity contribution in [2.75, 3.05) is 26.2 Å². The van der Waals surface area contributed by atoms with Gasteiger partial charge >= 0.3 is 0 Å². The van der Waals surface area contributed by atoms with E-state index in [9.17, 15) is 9.90 Å². The summed E-state index contributed by atoms with van der Waals surface area (Å²) in [5.41, 5.74) is 5.53. The van der Waals surface area contributed by atoms with Gasteiger partial charge in [-0.05, 0) is 59.9 Å². The van der Waals surface area contributed by atoms with Crippen molar-refractivity contribution in [3.05, 3.63) is 118 Å². The molecule has 0 spiro atoms. The number of pyridine rings is 1. The zero-order valence-electron chi connectivity index (χ0n) is 25.0. The highest BCUT2D eigenvalue weighted by Gasteiger charge is 2.18. The number of ether oxygens (including phenoxy) is 3. The third-order valence-electron chi connectivity index (χ3n) is 7.61. The Hall–Kier alpha value is -4.68. The highest BCUT2D eigenvalue weighted by atomic mass is 35.5. The number of aliphatic hydroxyl groups is 1. The number of aldehydes is 1. The minimum absolute atomic E-state index is 0.119. The zero-order chi connectivity index (χ0) is 31.6. The molecule has 5 rings (SSSR count). The van der Waals surface area contributed by atoms with Crippen LogP contribution in [0.2, 0.25) is 5.02 Å². The lowest BCUT2D eigenvalue weighted by Gasteiger charge is -2.16. The van der Waals surface area contributed by atoms with Gasteiger partial charge in [-0.15, -0.1) is 0 Å². The molecule has 1 atom stereocenters. The first-order valence-corrected chi connectivity index (χ1v) is 15.1. The minimum atomic E-state index is -0.212. The van der Waals surface area contributed by atoms with Gasteiger partial charge in [0.2, 0.25) is 0 Å². The predicted octanol–water partition coefficient (Wildman–Crippen LogP) is 6.55. The lowest BCUT2D eigenvalue weighted by molar-refractivity contribution is 0.111. The van der Waals surface area contributed by atoms with Crippen molar-refractivity contribution in [1.82, 2.24) is 9.88 Å². The van der Waals surface area contributed by atoms with Gasteiger partial charge in [-0.1, -0.05) is 54.1 Å². The van der Waals surface area contributed by atoms with Crippen LogP contribution in [0.15, 0.2) is 85.2 Å². The summed E-state index contributed by atoms with van der Waals surface area (Å²) >= 11 is 6.47. The van der Waals surface area contributed by atoms with Crippen molar-refractivity contribution in [2.45, 2.75) is 32.7 Å². The van der Waals surface area contributed by atoms with Crippen molar-refractivity contribution in [2.24, 2.45) is 0 Å². The number of aromatic nitrogens is 1. The van der Waals surface area contributed by atoms with E-state index in [0.717, 1.165) is 54.1 Å². The van der Waals surface area contributed by atoms with Gasteiger partial charge in [-0.2, -0.15) is 5.26 Å². The number of hydrogen-bond acceptors (Lipinski definition) is 8. The van der Waals surface area contributed by atoms with Gasteiger partial charge in [0.05, 0.1) is 22.3 Å². The summed E-state index contributed by atoms with van der Waals surface area (Å²) in [6.07, 6.45) is 8.46. The second kappa shape index (κ2) is 15.4. The molecule has 0 saturated carbocycles. The molecular formula is C36H34ClN3O5. The van der Waals surface area contributed by atoms with E-state index in [4.69, 9.17) is 31.1 Å². The number of benzene rings is 3. The van der Waals surface area contributed by atoms with Crippen LogP contribution in [0.25, 0.3) is 11.1 Å². The van der Waals surface area contributed by atoms with E-state index >= 15 is 0 Å². The van der Waals surface area contributed by atoms with Crippen molar-refractivity contribution in [3.8, 4) is 34.4 Å².